The Morgan fingerprint density at radius 3 is 2.47 bits per heavy atom. The zero-order chi connectivity index (χ0) is 11.6. The van der Waals surface area contributed by atoms with E-state index in [-0.39, 0.29) is 15.7 Å². The number of nitrogens with two attached hydrogens (primary N) is 1. The molecule has 0 unspecified atom stereocenters. The van der Waals surface area contributed by atoms with E-state index in [0.29, 0.717) is 6.29 Å². The van der Waals surface area contributed by atoms with Gasteiger partial charge < -0.3 is 10.5 Å². The van der Waals surface area contributed by atoms with E-state index in [0.717, 1.165) is 6.07 Å². The molecule has 0 aromatic heterocycles. The number of hydrogen-bond acceptors (Lipinski definition) is 3. The quantitative estimate of drug-likeness (QED) is 0.671. The first kappa shape index (κ1) is 11.8. The largest absolute Gasteiger partial charge is 0.573 e. The van der Waals surface area contributed by atoms with Crippen molar-refractivity contribution in [2.24, 2.45) is 0 Å². The molecule has 0 aliphatic heterocycles. The molecule has 0 aliphatic rings. The highest BCUT2D eigenvalue weighted by Crippen LogP contribution is 2.35. The zero-order valence-corrected chi connectivity index (χ0v) is 8.72. The fraction of sp³-hybridized carbons (Fsp3) is 0.125. The summed E-state index contributed by atoms with van der Waals surface area (Å²) in [6.45, 7) is 0. The van der Waals surface area contributed by atoms with Gasteiger partial charge in [0.25, 0.3) is 0 Å². The minimum atomic E-state index is -4.81. The Kier molecular flexibility index (Phi) is 3.23. The smallest absolute Gasteiger partial charge is 0.404 e. The lowest BCUT2D eigenvalue weighted by Gasteiger charge is -2.12. The number of aldehydes is 1. The molecule has 0 saturated carbocycles. The average molecular weight is 284 g/mol. The van der Waals surface area contributed by atoms with Crippen LogP contribution < -0.4 is 10.5 Å². The molecule has 0 spiro atoms. The lowest BCUT2D eigenvalue weighted by atomic mass is 10.2. The van der Waals surface area contributed by atoms with Gasteiger partial charge in [0.2, 0.25) is 0 Å². The summed E-state index contributed by atoms with van der Waals surface area (Å²) in [6, 6.07) is 2.16. The zero-order valence-electron chi connectivity index (χ0n) is 7.14. The molecule has 0 heterocycles. The number of carbonyl (C=O) groups excluding carboxylic acids is 1. The summed E-state index contributed by atoms with van der Waals surface area (Å²) in [5, 5.41) is 0. The summed E-state index contributed by atoms with van der Waals surface area (Å²) in [7, 11) is 0. The topological polar surface area (TPSA) is 52.3 Å². The lowest BCUT2D eigenvalue weighted by Crippen LogP contribution is -2.18. The second-order valence-electron chi connectivity index (χ2n) is 2.55. The van der Waals surface area contributed by atoms with Crippen molar-refractivity contribution in [3.8, 4) is 5.75 Å². The van der Waals surface area contributed by atoms with Gasteiger partial charge in [-0.2, -0.15) is 0 Å². The summed E-state index contributed by atoms with van der Waals surface area (Å²) in [6.07, 6.45) is -4.34. The van der Waals surface area contributed by atoms with Crippen LogP contribution >= 0.6 is 15.9 Å². The van der Waals surface area contributed by atoms with Crippen LogP contribution in [-0.4, -0.2) is 12.6 Å². The van der Waals surface area contributed by atoms with Crippen LogP contribution in [0.5, 0.6) is 5.75 Å². The molecule has 82 valence electrons. The van der Waals surface area contributed by atoms with Gasteiger partial charge in [0.1, 0.15) is 0 Å². The molecule has 0 radical (unpaired) electrons. The maximum atomic E-state index is 11.9. The van der Waals surface area contributed by atoms with Gasteiger partial charge in [-0.05, 0) is 28.1 Å². The summed E-state index contributed by atoms with van der Waals surface area (Å²) < 4.78 is 39.3. The number of benzene rings is 1. The first-order chi connectivity index (χ1) is 6.85. The lowest BCUT2D eigenvalue weighted by molar-refractivity contribution is -0.274. The van der Waals surface area contributed by atoms with Crippen molar-refractivity contribution >= 4 is 27.9 Å². The Hall–Kier alpha value is -1.24. The van der Waals surface area contributed by atoms with Gasteiger partial charge in [0.05, 0.1) is 10.2 Å². The highest BCUT2D eigenvalue weighted by Gasteiger charge is 2.32. The van der Waals surface area contributed by atoms with E-state index >= 15 is 0 Å². The second kappa shape index (κ2) is 4.09. The van der Waals surface area contributed by atoms with Crippen LogP contribution in [0.4, 0.5) is 18.9 Å². The Morgan fingerprint density at radius 1 is 1.40 bits per heavy atom. The van der Waals surface area contributed by atoms with Crippen molar-refractivity contribution in [2.75, 3.05) is 5.73 Å². The highest BCUT2D eigenvalue weighted by molar-refractivity contribution is 9.10. The summed E-state index contributed by atoms with van der Waals surface area (Å²) in [4.78, 5) is 10.4. The number of hydrogen-bond donors (Lipinski definition) is 1. The minimum absolute atomic E-state index is 0.0826. The number of carbonyl (C=O) groups is 1. The van der Waals surface area contributed by atoms with Crippen molar-refractivity contribution < 1.29 is 22.7 Å². The van der Waals surface area contributed by atoms with Crippen LogP contribution in [0, 0.1) is 0 Å². The Bertz CT molecular complexity index is 392. The van der Waals surface area contributed by atoms with Crippen LogP contribution in [0.1, 0.15) is 10.4 Å². The fourth-order valence-electron chi connectivity index (χ4n) is 0.897. The molecule has 0 saturated heterocycles. The highest BCUT2D eigenvalue weighted by atomic mass is 79.9. The minimum Gasteiger partial charge on any atom is -0.404 e. The molecule has 1 rings (SSSR count). The number of nitrogen functional groups attached to an aromatic ring is 1. The predicted molar refractivity (Wildman–Crippen MR) is 50.6 cm³/mol. The number of anilines is 1. The maximum Gasteiger partial charge on any atom is 0.573 e. The van der Waals surface area contributed by atoms with E-state index in [1.165, 1.54) is 6.07 Å². The van der Waals surface area contributed by atoms with Gasteiger partial charge in [-0.3, -0.25) is 4.79 Å². The predicted octanol–water partition coefficient (Wildman–Crippen LogP) is 2.74. The summed E-state index contributed by atoms with van der Waals surface area (Å²) in [5.74, 6) is -0.542. The van der Waals surface area contributed by atoms with Crippen LogP contribution in [0.25, 0.3) is 0 Å². The molecule has 3 nitrogen and oxygen atoms in total. The van der Waals surface area contributed by atoms with Crippen molar-refractivity contribution in [3.05, 3.63) is 22.2 Å². The summed E-state index contributed by atoms with van der Waals surface area (Å²) >= 11 is 2.90. The molecule has 0 bridgehead atoms. The first-order valence-electron chi connectivity index (χ1n) is 3.64. The van der Waals surface area contributed by atoms with Crippen LogP contribution in [0.2, 0.25) is 0 Å². The molecule has 0 fully saturated rings. The van der Waals surface area contributed by atoms with Gasteiger partial charge in [-0.15, -0.1) is 13.2 Å². The van der Waals surface area contributed by atoms with Gasteiger partial charge in [0, 0.05) is 5.56 Å². The van der Waals surface area contributed by atoms with E-state index < -0.39 is 12.1 Å². The molecular weight excluding hydrogens is 279 g/mol. The maximum absolute atomic E-state index is 11.9. The van der Waals surface area contributed by atoms with Crippen molar-refractivity contribution in [1.82, 2.24) is 0 Å². The fourth-order valence-corrected chi connectivity index (χ4v) is 1.32. The van der Waals surface area contributed by atoms with Crippen LogP contribution in [-0.2, 0) is 0 Å². The number of halogens is 4. The Balaban J connectivity index is 3.12. The average Bonchev–Trinajstić information content (AvgIpc) is 2.11. The van der Waals surface area contributed by atoms with E-state index in [2.05, 4.69) is 20.7 Å². The third kappa shape index (κ3) is 2.85. The third-order valence-electron chi connectivity index (χ3n) is 1.52. The third-order valence-corrected chi connectivity index (χ3v) is 2.41. The molecule has 1 aromatic carbocycles. The van der Waals surface area contributed by atoms with E-state index in [4.69, 9.17) is 5.73 Å². The Morgan fingerprint density at radius 2 is 2.00 bits per heavy atom. The van der Waals surface area contributed by atoms with Crippen molar-refractivity contribution in [3.63, 3.8) is 0 Å². The molecule has 2 N–H and O–H groups in total. The van der Waals surface area contributed by atoms with Crippen LogP contribution in [0.15, 0.2) is 16.6 Å². The van der Waals surface area contributed by atoms with E-state index in [1.807, 2.05) is 0 Å². The van der Waals surface area contributed by atoms with E-state index in [9.17, 15) is 18.0 Å². The van der Waals surface area contributed by atoms with Crippen molar-refractivity contribution in [2.45, 2.75) is 6.36 Å². The molecule has 7 heteroatoms. The van der Waals surface area contributed by atoms with Gasteiger partial charge in [-0.1, -0.05) is 0 Å². The van der Waals surface area contributed by atoms with Gasteiger partial charge >= 0.3 is 6.36 Å². The number of alkyl halides is 3. The molecule has 1 aromatic rings. The van der Waals surface area contributed by atoms with Gasteiger partial charge in [-0.25, -0.2) is 0 Å². The summed E-state index contributed by atoms with van der Waals surface area (Å²) in [5.41, 5.74) is 5.22. The number of ether oxygens (including phenoxy) is 1. The molecule has 0 atom stereocenters. The van der Waals surface area contributed by atoms with E-state index in [1.54, 1.807) is 0 Å². The first-order valence-corrected chi connectivity index (χ1v) is 4.43. The molecular formula is C8H5BrF3NO2. The standard InChI is InChI=1S/C8H5BrF3NO2/c9-6-4(3-14)1-2-5(7(6)13)15-8(10,11)12/h1-3H,13H2. The monoisotopic (exact) mass is 283 g/mol. The Labute approximate surface area is 91.1 Å². The van der Waals surface area contributed by atoms with Gasteiger partial charge in [0.15, 0.2) is 12.0 Å². The SMILES string of the molecule is Nc1c(OC(F)(F)F)ccc(C=O)c1Br. The molecule has 0 aliphatic carbocycles. The normalized spacial score (nSPS) is 11.2. The molecule has 0 amide bonds. The second-order valence-corrected chi connectivity index (χ2v) is 3.34. The van der Waals surface area contributed by atoms with Crippen molar-refractivity contribution in [1.29, 1.82) is 0 Å². The molecule has 15 heavy (non-hydrogen) atoms. The number of rotatable bonds is 2. The van der Waals surface area contributed by atoms with Crippen LogP contribution in [0.3, 0.4) is 0 Å².